The molecule has 1 saturated heterocycles. The minimum Gasteiger partial charge on any atom is -0.309 e. The van der Waals surface area contributed by atoms with Crippen LogP contribution in [0.15, 0.2) is 24.3 Å². The molecule has 0 spiro atoms. The first-order valence-corrected chi connectivity index (χ1v) is 4.76. The molecule has 0 bridgehead atoms. The smallest absolute Gasteiger partial charge is 0.136 e. The van der Waals surface area contributed by atoms with Gasteiger partial charge >= 0.3 is 0 Å². The van der Waals surface area contributed by atoms with E-state index in [1.54, 1.807) is 6.07 Å². The van der Waals surface area contributed by atoms with E-state index in [1.807, 2.05) is 6.07 Å². The highest BCUT2D eigenvalue weighted by atomic mass is 35.5. The lowest BCUT2D eigenvalue weighted by atomic mass is 9.97. The number of carbonyl (C=O) groups is 1. The van der Waals surface area contributed by atoms with E-state index in [-0.39, 0.29) is 30.0 Å². The van der Waals surface area contributed by atoms with Crippen LogP contribution >= 0.6 is 12.4 Å². The molecule has 0 saturated carbocycles. The Labute approximate surface area is 94.3 Å². The molecule has 2 rings (SSSR count). The Kier molecular flexibility index (Phi) is 4.24. The molecule has 0 aliphatic carbocycles. The molecule has 82 valence electrons. The van der Waals surface area contributed by atoms with Crippen LogP contribution in [0.4, 0.5) is 4.39 Å². The lowest BCUT2D eigenvalue weighted by molar-refractivity contribution is -0.120. The summed E-state index contributed by atoms with van der Waals surface area (Å²) >= 11 is 0. The average Bonchev–Trinajstić information content (AvgIpc) is 2.18. The van der Waals surface area contributed by atoms with Gasteiger partial charge in [-0.2, -0.15) is 0 Å². The van der Waals surface area contributed by atoms with Crippen molar-refractivity contribution in [1.29, 1.82) is 0 Å². The van der Waals surface area contributed by atoms with E-state index in [2.05, 4.69) is 5.32 Å². The number of rotatable bonds is 1. The van der Waals surface area contributed by atoms with E-state index in [0.29, 0.717) is 19.4 Å². The highest BCUT2D eigenvalue weighted by Gasteiger charge is 2.20. The van der Waals surface area contributed by atoms with Crippen LogP contribution in [0.3, 0.4) is 0 Å². The number of ketones is 1. The fourth-order valence-corrected chi connectivity index (χ4v) is 1.75. The molecule has 1 atom stereocenters. The molecule has 1 unspecified atom stereocenters. The number of halogens is 2. The van der Waals surface area contributed by atoms with Crippen molar-refractivity contribution in [2.24, 2.45) is 0 Å². The summed E-state index contributed by atoms with van der Waals surface area (Å²) in [7, 11) is 0. The van der Waals surface area contributed by atoms with Gasteiger partial charge in [0.15, 0.2) is 0 Å². The fourth-order valence-electron chi connectivity index (χ4n) is 1.75. The summed E-state index contributed by atoms with van der Waals surface area (Å²) in [6.07, 6.45) is 1.06. The van der Waals surface area contributed by atoms with Gasteiger partial charge in [-0.1, -0.05) is 12.1 Å². The van der Waals surface area contributed by atoms with Gasteiger partial charge in [0.1, 0.15) is 11.6 Å². The van der Waals surface area contributed by atoms with Gasteiger partial charge in [-0.3, -0.25) is 4.79 Å². The number of carbonyl (C=O) groups excluding carboxylic acids is 1. The maximum atomic E-state index is 12.9. The third kappa shape index (κ3) is 3.01. The molecule has 4 heteroatoms. The maximum Gasteiger partial charge on any atom is 0.136 e. The summed E-state index contributed by atoms with van der Waals surface area (Å²) in [6, 6.07) is 6.40. The second kappa shape index (κ2) is 5.24. The first kappa shape index (κ1) is 12.1. The van der Waals surface area contributed by atoms with Gasteiger partial charge in [-0.25, -0.2) is 4.39 Å². The molecule has 1 aliphatic rings. The van der Waals surface area contributed by atoms with Gasteiger partial charge in [0, 0.05) is 25.4 Å². The van der Waals surface area contributed by atoms with E-state index in [1.165, 1.54) is 12.1 Å². The Morgan fingerprint density at radius 3 is 2.87 bits per heavy atom. The number of benzene rings is 1. The predicted molar refractivity (Wildman–Crippen MR) is 58.6 cm³/mol. The van der Waals surface area contributed by atoms with Crippen LogP contribution in [0.1, 0.15) is 24.4 Å². The Morgan fingerprint density at radius 1 is 1.40 bits per heavy atom. The van der Waals surface area contributed by atoms with Crippen LogP contribution < -0.4 is 5.32 Å². The normalized spacial score (nSPS) is 20.9. The minimum atomic E-state index is -0.248. The van der Waals surface area contributed by atoms with Crippen LogP contribution in [0, 0.1) is 5.82 Å². The molecule has 1 aromatic rings. The number of piperidine rings is 1. The largest absolute Gasteiger partial charge is 0.309 e. The van der Waals surface area contributed by atoms with Crippen LogP contribution in [0.5, 0.6) is 0 Å². The summed E-state index contributed by atoms with van der Waals surface area (Å²) in [5, 5.41) is 3.21. The van der Waals surface area contributed by atoms with E-state index in [4.69, 9.17) is 0 Å². The monoisotopic (exact) mass is 229 g/mol. The topological polar surface area (TPSA) is 29.1 Å². The average molecular weight is 230 g/mol. The zero-order valence-electron chi connectivity index (χ0n) is 8.20. The first-order valence-electron chi connectivity index (χ1n) is 4.76. The van der Waals surface area contributed by atoms with Crippen molar-refractivity contribution in [3.8, 4) is 0 Å². The quantitative estimate of drug-likeness (QED) is 0.800. The highest BCUT2D eigenvalue weighted by Crippen LogP contribution is 2.21. The van der Waals surface area contributed by atoms with Crippen molar-refractivity contribution in [2.45, 2.75) is 18.9 Å². The van der Waals surface area contributed by atoms with Gasteiger partial charge in [0.25, 0.3) is 0 Å². The Morgan fingerprint density at radius 2 is 2.20 bits per heavy atom. The maximum absolute atomic E-state index is 12.9. The van der Waals surface area contributed by atoms with E-state index < -0.39 is 0 Å². The second-order valence-electron chi connectivity index (χ2n) is 3.55. The third-order valence-electron chi connectivity index (χ3n) is 2.48. The van der Waals surface area contributed by atoms with Gasteiger partial charge in [0.05, 0.1) is 0 Å². The molecule has 0 aromatic heterocycles. The molecule has 15 heavy (non-hydrogen) atoms. The molecule has 2 nitrogen and oxygen atoms in total. The molecule has 0 amide bonds. The zero-order chi connectivity index (χ0) is 9.97. The van der Waals surface area contributed by atoms with E-state index >= 15 is 0 Å². The molecular weight excluding hydrogens is 217 g/mol. The summed E-state index contributed by atoms with van der Waals surface area (Å²) in [5.41, 5.74) is 0.859. The first-order chi connectivity index (χ1) is 6.75. The molecule has 1 fully saturated rings. The number of hydrogen-bond acceptors (Lipinski definition) is 2. The van der Waals surface area contributed by atoms with Crippen LogP contribution in [0.25, 0.3) is 0 Å². The third-order valence-corrected chi connectivity index (χ3v) is 2.48. The van der Waals surface area contributed by atoms with Crippen molar-refractivity contribution in [3.63, 3.8) is 0 Å². The van der Waals surface area contributed by atoms with Crippen molar-refractivity contribution < 1.29 is 9.18 Å². The summed E-state index contributed by atoms with van der Waals surface area (Å²) in [4.78, 5) is 11.2. The van der Waals surface area contributed by atoms with Crippen LogP contribution in [-0.2, 0) is 4.79 Å². The number of hydrogen-bond donors (Lipinski definition) is 1. The van der Waals surface area contributed by atoms with Crippen molar-refractivity contribution in [2.75, 3.05) is 6.54 Å². The fraction of sp³-hybridized carbons (Fsp3) is 0.364. The molecule has 1 N–H and O–H groups in total. The Bertz CT molecular complexity index is 356. The molecular formula is C11H13ClFNO. The highest BCUT2D eigenvalue weighted by molar-refractivity contribution is 5.85. The molecule has 0 radical (unpaired) electrons. The predicted octanol–water partition coefficient (Wildman–Crippen LogP) is 2.24. The summed E-state index contributed by atoms with van der Waals surface area (Å²) in [6.45, 7) is 0.694. The number of nitrogens with one attached hydrogen (secondary N) is 1. The Balaban J connectivity index is 0.00000112. The summed E-state index contributed by atoms with van der Waals surface area (Å²) in [5.74, 6) is 0.000309. The van der Waals surface area contributed by atoms with Crippen molar-refractivity contribution in [1.82, 2.24) is 5.32 Å². The standard InChI is InChI=1S/C11H12FNO.ClH/c12-9-3-1-2-8(6-9)11-7-10(14)4-5-13-11;/h1-3,6,11,13H,4-5,7H2;1H. The molecule has 1 aliphatic heterocycles. The summed E-state index contributed by atoms with van der Waals surface area (Å²) < 4.78 is 12.9. The van der Waals surface area contributed by atoms with Crippen molar-refractivity contribution in [3.05, 3.63) is 35.6 Å². The van der Waals surface area contributed by atoms with Crippen molar-refractivity contribution >= 4 is 18.2 Å². The van der Waals surface area contributed by atoms with Gasteiger partial charge in [0.2, 0.25) is 0 Å². The van der Waals surface area contributed by atoms with Gasteiger partial charge in [-0.15, -0.1) is 12.4 Å². The minimum absolute atomic E-state index is 0. The second-order valence-corrected chi connectivity index (χ2v) is 3.55. The van der Waals surface area contributed by atoms with E-state index in [0.717, 1.165) is 5.56 Å². The SMILES string of the molecule is Cl.O=C1CCNC(c2cccc(F)c2)C1. The lowest BCUT2D eigenvalue weighted by Gasteiger charge is -2.22. The number of Topliss-reactive ketones (excluding diaryl/α,β-unsaturated/α-hetero) is 1. The van der Waals surface area contributed by atoms with Gasteiger partial charge in [-0.05, 0) is 17.7 Å². The Hall–Kier alpha value is -0.930. The van der Waals surface area contributed by atoms with Crippen LogP contribution in [0.2, 0.25) is 0 Å². The molecule has 1 aromatic carbocycles. The molecule has 1 heterocycles. The van der Waals surface area contributed by atoms with E-state index in [9.17, 15) is 9.18 Å². The van der Waals surface area contributed by atoms with Gasteiger partial charge < -0.3 is 5.32 Å². The lowest BCUT2D eigenvalue weighted by Crippen LogP contribution is -2.31. The van der Waals surface area contributed by atoms with Crippen LogP contribution in [-0.4, -0.2) is 12.3 Å². The zero-order valence-corrected chi connectivity index (χ0v) is 9.02.